The van der Waals surface area contributed by atoms with E-state index in [1.165, 1.54) is 12.0 Å². The third-order valence-corrected chi connectivity index (χ3v) is 3.65. The van der Waals surface area contributed by atoms with Crippen LogP contribution in [0.3, 0.4) is 0 Å². The third-order valence-electron chi connectivity index (χ3n) is 3.65. The van der Waals surface area contributed by atoms with E-state index in [-0.39, 0.29) is 36.9 Å². The molecule has 1 atom stereocenters. The van der Waals surface area contributed by atoms with Crippen molar-refractivity contribution in [2.75, 3.05) is 13.7 Å². The van der Waals surface area contributed by atoms with E-state index in [9.17, 15) is 14.4 Å². The standard InChI is InChI=1S/C14H23NO5/c1-9(2)10-8-20-13(18)15(10)11(16)6-7-14(3,4)12(17)19-5/h9-10H,6-8H2,1-5H3. The van der Waals surface area contributed by atoms with Crippen molar-refractivity contribution in [1.29, 1.82) is 0 Å². The van der Waals surface area contributed by atoms with Gasteiger partial charge in [0.1, 0.15) is 6.61 Å². The highest BCUT2D eigenvalue weighted by Crippen LogP contribution is 2.26. The molecule has 0 bridgehead atoms. The van der Waals surface area contributed by atoms with Gasteiger partial charge < -0.3 is 9.47 Å². The number of hydrogen-bond acceptors (Lipinski definition) is 5. The number of ether oxygens (including phenoxy) is 2. The molecule has 6 nitrogen and oxygen atoms in total. The van der Waals surface area contributed by atoms with E-state index in [0.29, 0.717) is 6.42 Å². The predicted molar refractivity (Wildman–Crippen MR) is 71.9 cm³/mol. The molecule has 0 N–H and O–H groups in total. The highest BCUT2D eigenvalue weighted by Gasteiger charge is 2.40. The van der Waals surface area contributed by atoms with Gasteiger partial charge in [0.2, 0.25) is 5.91 Å². The Morgan fingerprint density at radius 1 is 1.45 bits per heavy atom. The number of nitrogens with zero attached hydrogens (tertiary/aromatic N) is 1. The molecule has 1 saturated heterocycles. The smallest absolute Gasteiger partial charge is 0.416 e. The summed E-state index contributed by atoms with van der Waals surface area (Å²) < 4.78 is 9.63. The average molecular weight is 285 g/mol. The van der Waals surface area contributed by atoms with Crippen LogP contribution in [0.4, 0.5) is 4.79 Å². The largest absolute Gasteiger partial charge is 0.469 e. The Labute approximate surface area is 119 Å². The summed E-state index contributed by atoms with van der Waals surface area (Å²) in [5, 5.41) is 0. The van der Waals surface area contributed by atoms with Crippen molar-refractivity contribution in [2.45, 2.75) is 46.6 Å². The number of imide groups is 1. The van der Waals surface area contributed by atoms with E-state index >= 15 is 0 Å². The highest BCUT2D eigenvalue weighted by atomic mass is 16.6. The minimum atomic E-state index is -0.749. The van der Waals surface area contributed by atoms with E-state index < -0.39 is 11.5 Å². The molecule has 0 spiro atoms. The number of carbonyl (C=O) groups is 3. The number of methoxy groups -OCH3 is 1. The van der Waals surface area contributed by atoms with Crippen molar-refractivity contribution >= 4 is 18.0 Å². The fourth-order valence-electron chi connectivity index (χ4n) is 2.13. The zero-order chi connectivity index (χ0) is 15.5. The van der Waals surface area contributed by atoms with Crippen LogP contribution < -0.4 is 0 Å². The lowest BCUT2D eigenvalue weighted by Crippen LogP contribution is -2.42. The second kappa shape index (κ2) is 6.24. The van der Waals surface area contributed by atoms with Gasteiger partial charge >= 0.3 is 12.1 Å². The van der Waals surface area contributed by atoms with Gasteiger partial charge in [-0.1, -0.05) is 13.8 Å². The van der Waals surface area contributed by atoms with Crippen molar-refractivity contribution in [1.82, 2.24) is 4.90 Å². The molecule has 0 radical (unpaired) electrons. The summed E-state index contributed by atoms with van der Waals surface area (Å²) in [5.41, 5.74) is -0.749. The monoisotopic (exact) mass is 285 g/mol. The molecule has 0 aromatic rings. The minimum Gasteiger partial charge on any atom is -0.469 e. The molecule has 0 aromatic carbocycles. The first-order valence-electron chi connectivity index (χ1n) is 6.78. The molecule has 0 saturated carbocycles. The summed E-state index contributed by atoms with van der Waals surface area (Å²) in [6, 6.07) is -0.226. The summed E-state index contributed by atoms with van der Waals surface area (Å²) >= 11 is 0. The van der Waals surface area contributed by atoms with E-state index in [1.807, 2.05) is 13.8 Å². The second-order valence-corrected chi connectivity index (χ2v) is 6.03. The Morgan fingerprint density at radius 3 is 2.55 bits per heavy atom. The molecule has 1 aliphatic rings. The zero-order valence-corrected chi connectivity index (χ0v) is 12.8. The molecule has 1 unspecified atom stereocenters. The van der Waals surface area contributed by atoms with Crippen LogP contribution in [-0.4, -0.2) is 42.6 Å². The van der Waals surface area contributed by atoms with Gasteiger partial charge in [-0.3, -0.25) is 9.59 Å². The first kappa shape index (κ1) is 16.5. The summed E-state index contributed by atoms with van der Waals surface area (Å²) in [6.45, 7) is 7.54. The Bertz CT molecular complexity index is 402. The number of esters is 1. The number of carbonyl (C=O) groups excluding carboxylic acids is 3. The molecule has 1 rings (SSSR count). The second-order valence-electron chi connectivity index (χ2n) is 6.03. The number of hydrogen-bond donors (Lipinski definition) is 0. The predicted octanol–water partition coefficient (Wildman–Crippen LogP) is 1.97. The first-order chi connectivity index (χ1) is 9.20. The maximum atomic E-state index is 12.2. The van der Waals surface area contributed by atoms with Crippen LogP contribution in [0.2, 0.25) is 0 Å². The maximum Gasteiger partial charge on any atom is 0.416 e. The van der Waals surface area contributed by atoms with Gasteiger partial charge in [0.25, 0.3) is 0 Å². The van der Waals surface area contributed by atoms with Gasteiger partial charge in [-0.15, -0.1) is 0 Å². The van der Waals surface area contributed by atoms with Crippen LogP contribution in [0.1, 0.15) is 40.5 Å². The Morgan fingerprint density at radius 2 is 2.05 bits per heavy atom. The molecule has 1 heterocycles. The summed E-state index contributed by atoms with van der Waals surface area (Å²) in [5.74, 6) is -0.531. The van der Waals surface area contributed by atoms with Gasteiger partial charge in [-0.05, 0) is 26.2 Å². The summed E-state index contributed by atoms with van der Waals surface area (Å²) in [7, 11) is 1.32. The molecular formula is C14H23NO5. The van der Waals surface area contributed by atoms with Gasteiger partial charge in [0, 0.05) is 6.42 Å². The van der Waals surface area contributed by atoms with Crippen molar-refractivity contribution in [3.63, 3.8) is 0 Å². The van der Waals surface area contributed by atoms with E-state index in [0.717, 1.165) is 0 Å². The average Bonchev–Trinajstić information content (AvgIpc) is 2.77. The quantitative estimate of drug-likeness (QED) is 0.722. The lowest BCUT2D eigenvalue weighted by molar-refractivity contribution is -0.151. The van der Waals surface area contributed by atoms with Gasteiger partial charge in [0.15, 0.2) is 0 Å². The minimum absolute atomic E-state index is 0.112. The van der Waals surface area contributed by atoms with E-state index in [4.69, 9.17) is 9.47 Å². The van der Waals surface area contributed by atoms with Crippen molar-refractivity contribution in [2.24, 2.45) is 11.3 Å². The van der Waals surface area contributed by atoms with E-state index in [1.54, 1.807) is 13.8 Å². The lowest BCUT2D eigenvalue weighted by Gasteiger charge is -2.25. The third kappa shape index (κ3) is 3.49. The summed E-state index contributed by atoms with van der Waals surface area (Å²) in [4.78, 5) is 36.6. The van der Waals surface area contributed by atoms with Crippen molar-refractivity contribution < 1.29 is 23.9 Å². The molecular weight excluding hydrogens is 262 g/mol. The number of cyclic esters (lactones) is 1. The van der Waals surface area contributed by atoms with Crippen LogP contribution in [0.5, 0.6) is 0 Å². The molecule has 20 heavy (non-hydrogen) atoms. The van der Waals surface area contributed by atoms with Crippen LogP contribution in [-0.2, 0) is 19.1 Å². The Hall–Kier alpha value is -1.59. The van der Waals surface area contributed by atoms with Crippen LogP contribution in [0.25, 0.3) is 0 Å². The molecule has 0 aromatic heterocycles. The van der Waals surface area contributed by atoms with Crippen molar-refractivity contribution in [3.8, 4) is 0 Å². The number of amides is 2. The molecule has 1 fully saturated rings. The highest BCUT2D eigenvalue weighted by molar-refractivity contribution is 5.93. The van der Waals surface area contributed by atoms with Crippen LogP contribution in [0.15, 0.2) is 0 Å². The fourth-order valence-corrected chi connectivity index (χ4v) is 2.13. The summed E-state index contributed by atoms with van der Waals surface area (Å²) in [6.07, 6.45) is -0.155. The van der Waals surface area contributed by atoms with Crippen LogP contribution >= 0.6 is 0 Å². The molecule has 0 aliphatic carbocycles. The van der Waals surface area contributed by atoms with E-state index in [2.05, 4.69) is 0 Å². The van der Waals surface area contributed by atoms with Crippen LogP contribution in [0, 0.1) is 11.3 Å². The van der Waals surface area contributed by atoms with Crippen molar-refractivity contribution in [3.05, 3.63) is 0 Å². The number of rotatable bonds is 5. The Kier molecular flexibility index (Phi) is 5.14. The molecule has 2 amide bonds. The zero-order valence-electron chi connectivity index (χ0n) is 12.8. The van der Waals surface area contributed by atoms with Gasteiger partial charge in [-0.25, -0.2) is 9.69 Å². The lowest BCUT2D eigenvalue weighted by atomic mass is 9.87. The molecule has 114 valence electrons. The normalized spacial score (nSPS) is 19.2. The van der Waals surface area contributed by atoms with Gasteiger partial charge in [-0.2, -0.15) is 0 Å². The first-order valence-corrected chi connectivity index (χ1v) is 6.78. The Balaban J connectivity index is 2.66. The SMILES string of the molecule is COC(=O)C(C)(C)CCC(=O)N1C(=O)OCC1C(C)C. The van der Waals surface area contributed by atoms with Gasteiger partial charge in [0.05, 0.1) is 18.6 Å². The molecule has 1 aliphatic heterocycles. The maximum absolute atomic E-state index is 12.2. The topological polar surface area (TPSA) is 72.9 Å². The molecule has 6 heteroatoms. The fraction of sp³-hybridized carbons (Fsp3) is 0.786.